The minimum absolute atomic E-state index is 0.0394. The van der Waals surface area contributed by atoms with Gasteiger partial charge in [-0.05, 0) is 12.5 Å². The molecule has 0 saturated carbocycles. The topological polar surface area (TPSA) is 41.1 Å². The fraction of sp³-hybridized carbons (Fsp3) is 0.462. The van der Waals surface area contributed by atoms with E-state index in [9.17, 15) is 4.79 Å². The molecule has 0 aliphatic rings. The van der Waals surface area contributed by atoms with Gasteiger partial charge < -0.3 is 10.6 Å². The van der Waals surface area contributed by atoms with E-state index < -0.39 is 0 Å². The second-order valence-electron chi connectivity index (χ2n) is 4.25. The molecular formula is C13H20N2O. The Morgan fingerprint density at radius 2 is 1.81 bits per heavy atom. The van der Waals surface area contributed by atoms with Crippen LogP contribution in [0.4, 0.5) is 0 Å². The van der Waals surface area contributed by atoms with E-state index in [0.717, 1.165) is 5.56 Å². The van der Waals surface area contributed by atoms with Gasteiger partial charge in [-0.3, -0.25) is 4.79 Å². The van der Waals surface area contributed by atoms with Crippen molar-refractivity contribution in [3.8, 4) is 0 Å². The molecule has 3 heteroatoms. The zero-order valence-electron chi connectivity index (χ0n) is 10.2. The molecule has 0 spiro atoms. The molecule has 16 heavy (non-hydrogen) atoms. The predicted octanol–water partition coefficient (Wildman–Crippen LogP) is 1.69. The maximum atomic E-state index is 11.7. The largest absolute Gasteiger partial charge is 0.351 e. The lowest BCUT2D eigenvalue weighted by Gasteiger charge is -2.16. The van der Waals surface area contributed by atoms with Gasteiger partial charge in [-0.2, -0.15) is 0 Å². The van der Waals surface area contributed by atoms with E-state index in [1.54, 1.807) is 0 Å². The Bertz CT molecular complexity index is 322. The van der Waals surface area contributed by atoms with Crippen molar-refractivity contribution in [1.29, 1.82) is 0 Å². The van der Waals surface area contributed by atoms with Crippen LogP contribution in [-0.4, -0.2) is 18.0 Å². The smallest absolute Gasteiger partial charge is 0.237 e. The number of hydrogen-bond acceptors (Lipinski definition) is 2. The molecule has 2 N–H and O–H groups in total. The first-order valence-electron chi connectivity index (χ1n) is 5.67. The molecule has 1 aromatic carbocycles. The highest BCUT2D eigenvalue weighted by molar-refractivity contribution is 5.81. The minimum atomic E-state index is -0.149. The number of amides is 1. The zero-order chi connectivity index (χ0) is 12.0. The second kappa shape index (κ2) is 6.28. The molecule has 0 bridgehead atoms. The maximum Gasteiger partial charge on any atom is 0.237 e. The summed E-state index contributed by atoms with van der Waals surface area (Å²) in [6.07, 6.45) is 0. The van der Waals surface area contributed by atoms with Crippen LogP contribution in [0.25, 0.3) is 0 Å². The number of nitrogens with one attached hydrogen (secondary N) is 2. The molecule has 0 aromatic heterocycles. The van der Waals surface area contributed by atoms with Crippen LogP contribution in [0.3, 0.4) is 0 Å². The first kappa shape index (κ1) is 12.7. The molecule has 3 nitrogen and oxygen atoms in total. The quantitative estimate of drug-likeness (QED) is 0.793. The van der Waals surface area contributed by atoms with E-state index in [2.05, 4.69) is 10.6 Å². The van der Waals surface area contributed by atoms with E-state index in [0.29, 0.717) is 12.6 Å². The van der Waals surface area contributed by atoms with Crippen molar-refractivity contribution in [2.45, 2.75) is 39.4 Å². The van der Waals surface area contributed by atoms with Crippen molar-refractivity contribution in [3.63, 3.8) is 0 Å². The second-order valence-corrected chi connectivity index (χ2v) is 4.25. The number of hydrogen-bond donors (Lipinski definition) is 2. The lowest BCUT2D eigenvalue weighted by molar-refractivity contribution is -0.123. The third kappa shape index (κ3) is 4.45. The molecule has 0 fully saturated rings. The van der Waals surface area contributed by atoms with Crippen LogP contribution in [0.5, 0.6) is 0 Å². The van der Waals surface area contributed by atoms with E-state index in [1.807, 2.05) is 51.1 Å². The van der Waals surface area contributed by atoms with Crippen molar-refractivity contribution in [2.75, 3.05) is 0 Å². The van der Waals surface area contributed by atoms with Crippen LogP contribution >= 0.6 is 0 Å². The van der Waals surface area contributed by atoms with E-state index >= 15 is 0 Å². The third-order valence-corrected chi connectivity index (χ3v) is 2.29. The van der Waals surface area contributed by atoms with Gasteiger partial charge in [0.1, 0.15) is 0 Å². The normalized spacial score (nSPS) is 12.5. The van der Waals surface area contributed by atoms with Gasteiger partial charge in [0.15, 0.2) is 0 Å². The molecule has 1 aromatic rings. The highest BCUT2D eigenvalue weighted by Crippen LogP contribution is 1.97. The van der Waals surface area contributed by atoms with Crippen LogP contribution in [0.15, 0.2) is 30.3 Å². The molecule has 88 valence electrons. The average molecular weight is 220 g/mol. The van der Waals surface area contributed by atoms with Crippen LogP contribution in [0, 0.1) is 0 Å². The molecular weight excluding hydrogens is 200 g/mol. The summed E-state index contributed by atoms with van der Waals surface area (Å²) in [5.41, 5.74) is 1.12. The lowest BCUT2D eigenvalue weighted by atomic mass is 10.2. The highest BCUT2D eigenvalue weighted by atomic mass is 16.2. The summed E-state index contributed by atoms with van der Waals surface area (Å²) in [6.45, 7) is 6.52. The average Bonchev–Trinajstić information content (AvgIpc) is 2.26. The Kier molecular flexibility index (Phi) is 4.99. The van der Waals surface area contributed by atoms with Gasteiger partial charge in [0.2, 0.25) is 5.91 Å². The standard InChI is InChI=1S/C13H20N2O/c1-10(2)15-11(3)13(16)14-9-12-7-5-4-6-8-12/h4-8,10-11,15H,9H2,1-3H3,(H,14,16). The van der Waals surface area contributed by atoms with Gasteiger partial charge in [-0.1, -0.05) is 44.2 Å². The fourth-order valence-electron chi connectivity index (χ4n) is 1.51. The predicted molar refractivity (Wildman–Crippen MR) is 66.0 cm³/mol. The number of carbonyl (C=O) groups is 1. The Balaban J connectivity index is 2.35. The monoisotopic (exact) mass is 220 g/mol. The van der Waals surface area contributed by atoms with Crippen LogP contribution < -0.4 is 10.6 Å². The maximum absolute atomic E-state index is 11.7. The Morgan fingerprint density at radius 3 is 2.38 bits per heavy atom. The first-order chi connectivity index (χ1) is 7.59. The third-order valence-electron chi connectivity index (χ3n) is 2.29. The summed E-state index contributed by atoms with van der Waals surface area (Å²) in [6, 6.07) is 10.1. The Hall–Kier alpha value is -1.35. The number of carbonyl (C=O) groups excluding carboxylic acids is 1. The summed E-state index contributed by atoms with van der Waals surface area (Å²) in [4.78, 5) is 11.7. The van der Waals surface area contributed by atoms with Crippen molar-refractivity contribution >= 4 is 5.91 Å². The lowest BCUT2D eigenvalue weighted by Crippen LogP contribution is -2.44. The molecule has 0 radical (unpaired) electrons. The molecule has 1 rings (SSSR count). The van der Waals surface area contributed by atoms with Crippen molar-refractivity contribution in [1.82, 2.24) is 10.6 Å². The summed E-state index contributed by atoms with van der Waals surface area (Å²) >= 11 is 0. The van der Waals surface area contributed by atoms with Gasteiger partial charge in [0, 0.05) is 12.6 Å². The van der Waals surface area contributed by atoms with Gasteiger partial charge >= 0.3 is 0 Å². The summed E-state index contributed by atoms with van der Waals surface area (Å²) in [7, 11) is 0. The summed E-state index contributed by atoms with van der Waals surface area (Å²) < 4.78 is 0. The van der Waals surface area contributed by atoms with Crippen molar-refractivity contribution < 1.29 is 4.79 Å². The highest BCUT2D eigenvalue weighted by Gasteiger charge is 2.12. The molecule has 1 atom stereocenters. The molecule has 1 unspecified atom stereocenters. The van der Waals surface area contributed by atoms with Crippen LogP contribution in [-0.2, 0) is 11.3 Å². The zero-order valence-corrected chi connectivity index (χ0v) is 10.2. The van der Waals surface area contributed by atoms with Crippen LogP contribution in [0.1, 0.15) is 26.3 Å². The van der Waals surface area contributed by atoms with Gasteiger partial charge in [0.05, 0.1) is 6.04 Å². The van der Waals surface area contributed by atoms with Crippen LogP contribution in [0.2, 0.25) is 0 Å². The SMILES string of the molecule is CC(C)NC(C)C(=O)NCc1ccccc1. The van der Waals surface area contributed by atoms with Gasteiger partial charge in [0.25, 0.3) is 0 Å². The first-order valence-corrected chi connectivity index (χ1v) is 5.67. The molecule has 1 amide bonds. The van der Waals surface area contributed by atoms with Crippen molar-refractivity contribution in [2.24, 2.45) is 0 Å². The summed E-state index contributed by atoms with van der Waals surface area (Å²) in [5, 5.41) is 6.07. The van der Waals surface area contributed by atoms with E-state index in [-0.39, 0.29) is 11.9 Å². The molecule has 0 aliphatic heterocycles. The van der Waals surface area contributed by atoms with Gasteiger partial charge in [-0.25, -0.2) is 0 Å². The van der Waals surface area contributed by atoms with E-state index in [4.69, 9.17) is 0 Å². The Morgan fingerprint density at radius 1 is 1.19 bits per heavy atom. The molecule has 0 aliphatic carbocycles. The fourth-order valence-corrected chi connectivity index (χ4v) is 1.51. The Labute approximate surface area is 97.2 Å². The van der Waals surface area contributed by atoms with Crippen molar-refractivity contribution in [3.05, 3.63) is 35.9 Å². The summed E-state index contributed by atoms with van der Waals surface area (Å²) in [5.74, 6) is 0.0394. The minimum Gasteiger partial charge on any atom is -0.351 e. The molecule has 0 saturated heterocycles. The van der Waals surface area contributed by atoms with Gasteiger partial charge in [-0.15, -0.1) is 0 Å². The molecule has 0 heterocycles. The van der Waals surface area contributed by atoms with E-state index in [1.165, 1.54) is 0 Å². The number of rotatable bonds is 5. The number of benzene rings is 1.